The van der Waals surface area contributed by atoms with Gasteiger partial charge in [0.1, 0.15) is 17.1 Å². The zero-order valence-corrected chi connectivity index (χ0v) is 10.2. The van der Waals surface area contributed by atoms with Crippen LogP contribution in [0.15, 0.2) is 18.2 Å². The Morgan fingerprint density at radius 1 is 1.12 bits per heavy atom. The highest BCUT2D eigenvalue weighted by molar-refractivity contribution is 5.48. The summed E-state index contributed by atoms with van der Waals surface area (Å²) in [6.07, 6.45) is 1.12. The minimum Gasteiger partial charge on any atom is -0.496 e. The predicted molar refractivity (Wildman–Crippen MR) is 63.5 cm³/mol. The first-order valence-electron chi connectivity index (χ1n) is 5.73. The summed E-state index contributed by atoms with van der Waals surface area (Å²) in [7, 11) is 3.20. The maximum atomic E-state index is 10.7. The molecule has 1 heterocycles. The van der Waals surface area contributed by atoms with Crippen LogP contribution in [0, 0.1) is 0 Å². The van der Waals surface area contributed by atoms with E-state index in [-0.39, 0.29) is 0 Å². The molecule has 0 aliphatic carbocycles. The van der Waals surface area contributed by atoms with Gasteiger partial charge in [-0.05, 0) is 12.1 Å². The Kier molecular flexibility index (Phi) is 3.54. The van der Waals surface area contributed by atoms with Crippen molar-refractivity contribution in [3.8, 4) is 11.5 Å². The first kappa shape index (κ1) is 12.2. The molecule has 94 valence electrons. The number of aliphatic hydroxyl groups is 1. The number of methoxy groups -OCH3 is 2. The molecule has 2 rings (SSSR count). The smallest absolute Gasteiger partial charge is 0.128 e. The third-order valence-corrected chi connectivity index (χ3v) is 3.21. The Balaban J connectivity index is 2.47. The van der Waals surface area contributed by atoms with E-state index in [1.165, 1.54) is 0 Å². The van der Waals surface area contributed by atoms with Crippen molar-refractivity contribution in [2.24, 2.45) is 0 Å². The van der Waals surface area contributed by atoms with Gasteiger partial charge in [-0.15, -0.1) is 0 Å². The van der Waals surface area contributed by atoms with Crippen molar-refractivity contribution in [1.29, 1.82) is 0 Å². The van der Waals surface area contributed by atoms with Gasteiger partial charge in [0, 0.05) is 26.1 Å². The average Bonchev–Trinajstić information content (AvgIpc) is 2.38. The second-order valence-electron chi connectivity index (χ2n) is 4.18. The molecule has 0 bridgehead atoms. The zero-order valence-electron chi connectivity index (χ0n) is 10.2. The summed E-state index contributed by atoms with van der Waals surface area (Å²) in [6.45, 7) is 1.11. The van der Waals surface area contributed by atoms with E-state index in [2.05, 4.69) is 0 Å². The monoisotopic (exact) mass is 238 g/mol. The van der Waals surface area contributed by atoms with Crippen LogP contribution in [0.3, 0.4) is 0 Å². The van der Waals surface area contributed by atoms with Gasteiger partial charge in [0.05, 0.1) is 19.8 Å². The van der Waals surface area contributed by atoms with Crippen molar-refractivity contribution in [2.75, 3.05) is 27.4 Å². The molecule has 1 N–H and O–H groups in total. The lowest BCUT2D eigenvalue weighted by atomic mass is 9.85. The standard InChI is InChI=1S/C13H18O4/c1-15-10-4-3-5-11(16-2)12(10)13(14)6-8-17-9-7-13/h3-5,14H,6-9H2,1-2H3. The molecule has 1 aliphatic rings. The van der Waals surface area contributed by atoms with Crippen LogP contribution in [0.5, 0.6) is 11.5 Å². The quantitative estimate of drug-likeness (QED) is 0.870. The molecular weight excluding hydrogens is 220 g/mol. The van der Waals surface area contributed by atoms with E-state index in [9.17, 15) is 5.11 Å². The van der Waals surface area contributed by atoms with Crippen molar-refractivity contribution in [2.45, 2.75) is 18.4 Å². The van der Waals surface area contributed by atoms with Gasteiger partial charge in [-0.25, -0.2) is 0 Å². The fraction of sp³-hybridized carbons (Fsp3) is 0.538. The predicted octanol–water partition coefficient (Wildman–Crippen LogP) is 1.70. The van der Waals surface area contributed by atoms with Crippen molar-refractivity contribution in [3.05, 3.63) is 23.8 Å². The van der Waals surface area contributed by atoms with E-state index in [4.69, 9.17) is 14.2 Å². The van der Waals surface area contributed by atoms with E-state index >= 15 is 0 Å². The fourth-order valence-electron chi connectivity index (χ4n) is 2.27. The van der Waals surface area contributed by atoms with Crippen molar-refractivity contribution in [3.63, 3.8) is 0 Å². The SMILES string of the molecule is COc1cccc(OC)c1C1(O)CCOCC1. The lowest BCUT2D eigenvalue weighted by Gasteiger charge is -2.34. The highest BCUT2D eigenvalue weighted by Crippen LogP contribution is 2.42. The highest BCUT2D eigenvalue weighted by Gasteiger charge is 2.37. The summed E-state index contributed by atoms with van der Waals surface area (Å²) < 4.78 is 15.9. The summed E-state index contributed by atoms with van der Waals surface area (Å²) in [4.78, 5) is 0. The van der Waals surface area contributed by atoms with E-state index in [1.54, 1.807) is 14.2 Å². The molecule has 0 spiro atoms. The third kappa shape index (κ3) is 2.23. The number of hydrogen-bond donors (Lipinski definition) is 1. The molecule has 4 nitrogen and oxygen atoms in total. The Bertz CT molecular complexity index is 361. The molecule has 0 amide bonds. The molecule has 0 aromatic heterocycles. The minimum absolute atomic E-state index is 0.553. The molecule has 0 radical (unpaired) electrons. The van der Waals surface area contributed by atoms with Gasteiger partial charge in [0.15, 0.2) is 0 Å². The van der Waals surface area contributed by atoms with Crippen LogP contribution < -0.4 is 9.47 Å². The van der Waals surface area contributed by atoms with Crippen molar-refractivity contribution in [1.82, 2.24) is 0 Å². The maximum Gasteiger partial charge on any atom is 0.128 e. The van der Waals surface area contributed by atoms with Crippen LogP contribution >= 0.6 is 0 Å². The molecule has 0 saturated carbocycles. The van der Waals surface area contributed by atoms with Crippen LogP contribution in [-0.4, -0.2) is 32.5 Å². The Hall–Kier alpha value is -1.26. The second kappa shape index (κ2) is 4.94. The number of ether oxygens (including phenoxy) is 3. The molecule has 1 fully saturated rings. The summed E-state index contributed by atoms with van der Waals surface area (Å²) in [5.41, 5.74) is -0.191. The molecular formula is C13H18O4. The summed E-state index contributed by atoms with van der Waals surface area (Å²) in [6, 6.07) is 5.53. The largest absolute Gasteiger partial charge is 0.496 e. The van der Waals surface area contributed by atoms with Gasteiger partial charge in [-0.2, -0.15) is 0 Å². The van der Waals surface area contributed by atoms with Crippen molar-refractivity contribution >= 4 is 0 Å². The normalized spacial score (nSPS) is 18.8. The lowest BCUT2D eigenvalue weighted by molar-refractivity contribution is -0.0700. The van der Waals surface area contributed by atoms with Gasteiger partial charge >= 0.3 is 0 Å². The topological polar surface area (TPSA) is 47.9 Å². The van der Waals surface area contributed by atoms with Crippen LogP contribution in [0.4, 0.5) is 0 Å². The molecule has 17 heavy (non-hydrogen) atoms. The summed E-state index contributed by atoms with van der Waals surface area (Å²) in [5.74, 6) is 1.32. The Labute approximate surface area is 101 Å². The molecule has 1 aliphatic heterocycles. The molecule has 1 saturated heterocycles. The zero-order chi connectivity index (χ0) is 12.3. The van der Waals surface area contributed by atoms with Crippen molar-refractivity contribution < 1.29 is 19.3 Å². The molecule has 0 unspecified atom stereocenters. The average molecular weight is 238 g/mol. The van der Waals surface area contributed by atoms with Gasteiger partial charge < -0.3 is 19.3 Å². The highest BCUT2D eigenvalue weighted by atomic mass is 16.5. The van der Waals surface area contributed by atoms with Crippen LogP contribution in [0.1, 0.15) is 18.4 Å². The lowest BCUT2D eigenvalue weighted by Crippen LogP contribution is -2.34. The molecule has 1 aromatic carbocycles. The van der Waals surface area contributed by atoms with E-state index in [1.807, 2.05) is 18.2 Å². The first-order valence-corrected chi connectivity index (χ1v) is 5.73. The summed E-state index contributed by atoms with van der Waals surface area (Å²) in [5, 5.41) is 10.7. The fourth-order valence-corrected chi connectivity index (χ4v) is 2.27. The number of benzene rings is 1. The van der Waals surface area contributed by atoms with Gasteiger partial charge in [0.2, 0.25) is 0 Å². The Morgan fingerprint density at radius 3 is 2.12 bits per heavy atom. The molecule has 0 atom stereocenters. The van der Waals surface area contributed by atoms with Gasteiger partial charge in [-0.3, -0.25) is 0 Å². The van der Waals surface area contributed by atoms with Gasteiger partial charge in [0.25, 0.3) is 0 Å². The van der Waals surface area contributed by atoms with E-state index < -0.39 is 5.60 Å². The van der Waals surface area contributed by atoms with Crippen LogP contribution in [0.25, 0.3) is 0 Å². The van der Waals surface area contributed by atoms with Crippen LogP contribution in [-0.2, 0) is 10.3 Å². The molecule has 1 aromatic rings. The van der Waals surface area contributed by atoms with Gasteiger partial charge in [-0.1, -0.05) is 6.07 Å². The Morgan fingerprint density at radius 2 is 1.65 bits per heavy atom. The summed E-state index contributed by atoms with van der Waals surface area (Å²) >= 11 is 0. The third-order valence-electron chi connectivity index (χ3n) is 3.21. The van der Waals surface area contributed by atoms with Crippen LogP contribution in [0.2, 0.25) is 0 Å². The minimum atomic E-state index is -0.920. The number of rotatable bonds is 3. The maximum absolute atomic E-state index is 10.7. The van der Waals surface area contributed by atoms with E-state index in [0.717, 1.165) is 5.56 Å². The second-order valence-corrected chi connectivity index (χ2v) is 4.18. The number of hydrogen-bond acceptors (Lipinski definition) is 4. The first-order chi connectivity index (χ1) is 8.21. The molecule has 4 heteroatoms. The van der Waals surface area contributed by atoms with E-state index in [0.29, 0.717) is 37.6 Å².